The van der Waals surface area contributed by atoms with E-state index in [1.54, 1.807) is 12.1 Å². The van der Waals surface area contributed by atoms with Crippen LogP contribution in [-0.4, -0.2) is 11.9 Å². The summed E-state index contributed by atoms with van der Waals surface area (Å²) in [6.07, 6.45) is 0. The van der Waals surface area contributed by atoms with Gasteiger partial charge in [0.2, 0.25) is 0 Å². The molecule has 86 valence electrons. The molecule has 0 heterocycles. The van der Waals surface area contributed by atoms with Crippen LogP contribution in [-0.2, 0) is 19.3 Å². The van der Waals surface area contributed by atoms with Crippen molar-refractivity contribution < 1.29 is 19.3 Å². The quantitative estimate of drug-likeness (QED) is 0.731. The van der Waals surface area contributed by atoms with Gasteiger partial charge in [0.05, 0.1) is 0 Å². The molecular formula is C11H13NO4. The Balaban J connectivity index is 2.86. The van der Waals surface area contributed by atoms with Gasteiger partial charge < -0.3 is 9.68 Å². The van der Waals surface area contributed by atoms with Gasteiger partial charge in [-0.15, -0.1) is 0 Å². The summed E-state index contributed by atoms with van der Waals surface area (Å²) in [5.74, 6) is -1.14. The molecule has 0 aliphatic rings. The van der Waals surface area contributed by atoms with E-state index in [4.69, 9.17) is 9.68 Å². The van der Waals surface area contributed by atoms with Crippen LogP contribution in [0.1, 0.15) is 19.4 Å². The van der Waals surface area contributed by atoms with E-state index in [2.05, 4.69) is 0 Å². The Kier molecular flexibility index (Phi) is 3.88. The van der Waals surface area contributed by atoms with Gasteiger partial charge in [0.15, 0.2) is 0 Å². The lowest BCUT2D eigenvalue weighted by molar-refractivity contribution is -0.171. The summed E-state index contributed by atoms with van der Waals surface area (Å²) in [7, 11) is 0. The summed E-state index contributed by atoms with van der Waals surface area (Å²) in [4.78, 5) is 31.1. The third-order valence-electron chi connectivity index (χ3n) is 1.67. The second kappa shape index (κ2) is 5.16. The summed E-state index contributed by atoms with van der Waals surface area (Å²) >= 11 is 0. The van der Waals surface area contributed by atoms with Crippen LogP contribution < -0.4 is 5.23 Å². The number of carbonyl (C=O) groups excluding carboxylic acids is 2. The van der Waals surface area contributed by atoms with Crippen molar-refractivity contribution in [3.8, 4) is 0 Å². The first-order valence-electron chi connectivity index (χ1n) is 4.73. The number of aryl methyl sites for hydroxylation is 1. The minimum absolute atomic E-state index is 0.469. The molecule has 1 aromatic rings. The molecular weight excluding hydrogens is 210 g/mol. The van der Waals surface area contributed by atoms with Crippen LogP contribution in [0.3, 0.4) is 0 Å². The highest BCUT2D eigenvalue weighted by atomic mass is 17.0. The van der Waals surface area contributed by atoms with E-state index in [1.807, 2.05) is 19.1 Å². The molecule has 0 aliphatic heterocycles. The van der Waals surface area contributed by atoms with Crippen molar-refractivity contribution in [2.24, 2.45) is 0 Å². The molecule has 0 N–H and O–H groups in total. The number of hydrogen-bond acceptors (Lipinski definition) is 5. The van der Waals surface area contributed by atoms with E-state index in [1.165, 1.54) is 13.8 Å². The van der Waals surface area contributed by atoms with Crippen LogP contribution in [0.25, 0.3) is 0 Å². The molecule has 5 heteroatoms. The molecule has 0 unspecified atom stereocenters. The SMILES string of the molecule is CC(=O)ON(OC(C)=O)c1ccc(C)cc1. The summed E-state index contributed by atoms with van der Waals surface area (Å²) < 4.78 is 0. The summed E-state index contributed by atoms with van der Waals surface area (Å²) in [6, 6.07) is 6.99. The molecule has 5 nitrogen and oxygen atoms in total. The third-order valence-corrected chi connectivity index (χ3v) is 1.67. The predicted octanol–water partition coefficient (Wildman–Crippen LogP) is 1.76. The standard InChI is InChI=1S/C11H13NO4/c1-8-4-6-11(7-5-8)12(15-9(2)13)16-10(3)14/h4-7H,1-3H3. The average Bonchev–Trinajstić information content (AvgIpc) is 2.16. The largest absolute Gasteiger partial charge is 0.333 e. The molecule has 0 atom stereocenters. The zero-order chi connectivity index (χ0) is 12.1. The van der Waals surface area contributed by atoms with Gasteiger partial charge in [0.1, 0.15) is 5.69 Å². The molecule has 0 aromatic heterocycles. The smallest absolute Gasteiger partial charge is 0.306 e. The first kappa shape index (κ1) is 12.0. The van der Waals surface area contributed by atoms with Gasteiger partial charge >= 0.3 is 11.9 Å². The van der Waals surface area contributed by atoms with Gasteiger partial charge in [-0.05, 0) is 24.3 Å². The van der Waals surface area contributed by atoms with Crippen LogP contribution in [0.15, 0.2) is 24.3 Å². The van der Waals surface area contributed by atoms with Gasteiger partial charge in [0.25, 0.3) is 0 Å². The van der Waals surface area contributed by atoms with Crippen LogP contribution in [0.5, 0.6) is 0 Å². The number of benzene rings is 1. The first-order chi connectivity index (χ1) is 7.49. The Bertz CT molecular complexity index is 369. The van der Waals surface area contributed by atoms with E-state index in [0.29, 0.717) is 5.69 Å². The maximum absolute atomic E-state index is 10.8. The van der Waals surface area contributed by atoms with Crippen LogP contribution >= 0.6 is 0 Å². The molecule has 0 spiro atoms. The molecule has 0 saturated carbocycles. The topological polar surface area (TPSA) is 55.8 Å². The Morgan fingerprint density at radius 1 is 1.00 bits per heavy atom. The van der Waals surface area contributed by atoms with Gasteiger partial charge in [-0.3, -0.25) is 0 Å². The lowest BCUT2D eigenvalue weighted by Crippen LogP contribution is -2.28. The van der Waals surface area contributed by atoms with Crippen molar-refractivity contribution in [3.05, 3.63) is 29.8 Å². The van der Waals surface area contributed by atoms with Gasteiger partial charge in [0, 0.05) is 13.8 Å². The Labute approximate surface area is 93.5 Å². The molecule has 1 rings (SSSR count). The number of rotatable bonds is 3. The highest BCUT2D eigenvalue weighted by Crippen LogP contribution is 2.16. The average molecular weight is 223 g/mol. The van der Waals surface area contributed by atoms with Crippen LogP contribution in [0.4, 0.5) is 5.69 Å². The molecule has 0 fully saturated rings. The van der Waals surface area contributed by atoms with Crippen LogP contribution in [0, 0.1) is 6.92 Å². The minimum atomic E-state index is -0.568. The lowest BCUT2D eigenvalue weighted by Gasteiger charge is -2.19. The fraction of sp³-hybridized carbons (Fsp3) is 0.273. The Morgan fingerprint density at radius 3 is 1.81 bits per heavy atom. The van der Waals surface area contributed by atoms with Gasteiger partial charge in [-0.2, -0.15) is 0 Å². The third kappa shape index (κ3) is 3.61. The normalized spacial score (nSPS) is 9.44. The second-order valence-corrected chi connectivity index (χ2v) is 3.26. The second-order valence-electron chi connectivity index (χ2n) is 3.26. The van der Waals surface area contributed by atoms with Gasteiger partial charge in [-0.25, -0.2) is 9.59 Å². The van der Waals surface area contributed by atoms with Crippen LogP contribution in [0.2, 0.25) is 0 Å². The number of nitrogens with zero attached hydrogens (tertiary/aromatic N) is 1. The zero-order valence-corrected chi connectivity index (χ0v) is 9.39. The Hall–Kier alpha value is -2.04. The van der Waals surface area contributed by atoms with Crippen molar-refractivity contribution in [2.75, 3.05) is 5.23 Å². The van der Waals surface area contributed by atoms with E-state index >= 15 is 0 Å². The molecule has 0 aliphatic carbocycles. The van der Waals surface area contributed by atoms with Crippen molar-refractivity contribution in [1.29, 1.82) is 0 Å². The summed E-state index contributed by atoms with van der Waals surface area (Å²) in [5, 5.41) is 0.796. The highest BCUT2D eigenvalue weighted by Gasteiger charge is 2.13. The first-order valence-corrected chi connectivity index (χ1v) is 4.73. The number of hydrogen-bond donors (Lipinski definition) is 0. The number of anilines is 1. The summed E-state index contributed by atoms with van der Waals surface area (Å²) in [6.45, 7) is 4.38. The number of carbonyl (C=O) groups is 2. The highest BCUT2D eigenvalue weighted by molar-refractivity contribution is 5.70. The van der Waals surface area contributed by atoms with Crippen molar-refractivity contribution in [1.82, 2.24) is 0 Å². The van der Waals surface area contributed by atoms with E-state index in [9.17, 15) is 9.59 Å². The predicted molar refractivity (Wildman–Crippen MR) is 57.2 cm³/mol. The van der Waals surface area contributed by atoms with Gasteiger partial charge in [-0.1, -0.05) is 17.7 Å². The fourth-order valence-electron chi connectivity index (χ4n) is 1.02. The fourth-order valence-corrected chi connectivity index (χ4v) is 1.02. The maximum atomic E-state index is 10.8. The minimum Gasteiger partial charge on any atom is -0.306 e. The lowest BCUT2D eigenvalue weighted by atomic mass is 10.2. The molecule has 0 saturated heterocycles. The maximum Gasteiger partial charge on any atom is 0.333 e. The van der Waals surface area contributed by atoms with E-state index in [0.717, 1.165) is 10.8 Å². The monoisotopic (exact) mass is 223 g/mol. The molecule has 1 aromatic carbocycles. The van der Waals surface area contributed by atoms with E-state index in [-0.39, 0.29) is 0 Å². The molecule has 16 heavy (non-hydrogen) atoms. The van der Waals surface area contributed by atoms with Crippen molar-refractivity contribution in [3.63, 3.8) is 0 Å². The molecule has 0 amide bonds. The van der Waals surface area contributed by atoms with Crippen molar-refractivity contribution >= 4 is 17.6 Å². The van der Waals surface area contributed by atoms with Crippen molar-refractivity contribution in [2.45, 2.75) is 20.8 Å². The molecule has 0 radical (unpaired) electrons. The zero-order valence-electron chi connectivity index (χ0n) is 9.39. The summed E-state index contributed by atoms with van der Waals surface area (Å²) in [5.41, 5.74) is 1.52. The Morgan fingerprint density at radius 2 is 1.44 bits per heavy atom. The van der Waals surface area contributed by atoms with E-state index < -0.39 is 11.9 Å². The molecule has 0 bridgehead atoms.